The zero-order valence-corrected chi connectivity index (χ0v) is 16.0. The molecule has 1 fully saturated rings. The fourth-order valence-corrected chi connectivity index (χ4v) is 3.45. The highest BCUT2D eigenvalue weighted by Crippen LogP contribution is 2.27. The van der Waals surface area contributed by atoms with Gasteiger partial charge in [-0.05, 0) is 45.7 Å². The molecule has 4 N–H and O–H groups in total. The third kappa shape index (κ3) is 4.50. The first-order chi connectivity index (χ1) is 12.7. The largest absolute Gasteiger partial charge is 0.444 e. The summed E-state index contributed by atoms with van der Waals surface area (Å²) in [5.41, 5.74) is 6.75. The molecule has 2 amide bonds. The summed E-state index contributed by atoms with van der Waals surface area (Å²) in [7, 11) is 0. The normalized spacial score (nSPS) is 20.3. The van der Waals surface area contributed by atoms with Gasteiger partial charge in [-0.3, -0.25) is 4.79 Å². The van der Waals surface area contributed by atoms with Crippen molar-refractivity contribution in [2.45, 2.75) is 64.1 Å². The van der Waals surface area contributed by atoms with Crippen molar-refractivity contribution in [2.24, 2.45) is 5.73 Å². The summed E-state index contributed by atoms with van der Waals surface area (Å²) in [6.07, 6.45) is 6.62. The summed E-state index contributed by atoms with van der Waals surface area (Å²) < 4.78 is 7.08. The van der Waals surface area contributed by atoms with Crippen molar-refractivity contribution in [3.05, 3.63) is 30.1 Å². The van der Waals surface area contributed by atoms with E-state index < -0.39 is 17.6 Å². The number of carbonyl (C=O) groups is 2. The van der Waals surface area contributed by atoms with Crippen molar-refractivity contribution in [3.8, 4) is 0 Å². The van der Waals surface area contributed by atoms with Crippen LogP contribution in [0, 0.1) is 0 Å². The lowest BCUT2D eigenvalue weighted by Gasteiger charge is -2.34. The zero-order valence-electron chi connectivity index (χ0n) is 16.0. The topological polar surface area (TPSA) is 111 Å². The third-order valence-corrected chi connectivity index (χ3v) is 4.63. The first-order valence-corrected chi connectivity index (χ1v) is 9.27. The van der Waals surface area contributed by atoms with E-state index in [1.165, 1.54) is 6.20 Å². The van der Waals surface area contributed by atoms with Gasteiger partial charge in [0.2, 0.25) is 0 Å². The van der Waals surface area contributed by atoms with Gasteiger partial charge in [0.25, 0.3) is 5.91 Å². The van der Waals surface area contributed by atoms with Crippen LogP contribution in [-0.2, 0) is 4.74 Å². The lowest BCUT2D eigenvalue weighted by atomic mass is 9.90. The Morgan fingerprint density at radius 2 is 1.96 bits per heavy atom. The smallest absolute Gasteiger partial charge is 0.407 e. The van der Waals surface area contributed by atoms with Crippen molar-refractivity contribution < 1.29 is 14.3 Å². The van der Waals surface area contributed by atoms with Gasteiger partial charge in [-0.2, -0.15) is 5.10 Å². The first kappa shape index (κ1) is 19.0. The maximum absolute atomic E-state index is 12.2. The monoisotopic (exact) mass is 373 g/mol. The van der Waals surface area contributed by atoms with E-state index in [4.69, 9.17) is 10.5 Å². The number of nitrogens with one attached hydrogen (secondary N) is 2. The molecule has 0 aromatic carbocycles. The maximum Gasteiger partial charge on any atom is 0.407 e. The van der Waals surface area contributed by atoms with Gasteiger partial charge in [0.15, 0.2) is 0 Å². The molecule has 2 heterocycles. The van der Waals surface area contributed by atoms with Crippen molar-refractivity contribution in [3.63, 3.8) is 0 Å². The number of fused-ring (bicyclic) bond motifs is 1. The molecule has 1 saturated carbocycles. The Hall–Kier alpha value is -2.77. The second kappa shape index (κ2) is 7.46. The molecule has 8 heteroatoms. The number of hydrogen-bond donors (Lipinski definition) is 3. The van der Waals surface area contributed by atoms with Crippen LogP contribution >= 0.6 is 0 Å². The molecule has 0 radical (unpaired) electrons. The predicted molar refractivity (Wildman–Crippen MR) is 103 cm³/mol. The average molecular weight is 373 g/mol. The number of aromatic nitrogens is 2. The van der Waals surface area contributed by atoms with Gasteiger partial charge >= 0.3 is 6.09 Å². The van der Waals surface area contributed by atoms with Crippen LogP contribution in [0.2, 0.25) is 0 Å². The Morgan fingerprint density at radius 3 is 2.63 bits per heavy atom. The van der Waals surface area contributed by atoms with Crippen LogP contribution in [0.25, 0.3) is 5.52 Å². The first-order valence-electron chi connectivity index (χ1n) is 9.27. The number of alkyl carbamates (subject to hydrolysis) is 1. The second-order valence-electron chi connectivity index (χ2n) is 7.92. The van der Waals surface area contributed by atoms with Crippen LogP contribution < -0.4 is 16.4 Å². The Kier molecular flexibility index (Phi) is 5.25. The Balaban J connectivity index is 1.83. The van der Waals surface area contributed by atoms with Crippen LogP contribution in [0.15, 0.2) is 24.5 Å². The van der Waals surface area contributed by atoms with Crippen molar-refractivity contribution in [2.75, 3.05) is 5.32 Å². The molecule has 2 unspecified atom stereocenters. The number of primary amides is 1. The minimum atomic E-state index is -0.552. The summed E-state index contributed by atoms with van der Waals surface area (Å²) >= 11 is 0. The molecular weight excluding hydrogens is 346 g/mol. The highest BCUT2D eigenvalue weighted by Gasteiger charge is 2.29. The lowest BCUT2D eigenvalue weighted by molar-refractivity contribution is 0.0488. The molecule has 27 heavy (non-hydrogen) atoms. The third-order valence-electron chi connectivity index (χ3n) is 4.63. The van der Waals surface area contributed by atoms with E-state index in [-0.39, 0.29) is 12.1 Å². The number of ether oxygens (including phenoxy) is 1. The Bertz CT molecular complexity index is 839. The zero-order chi connectivity index (χ0) is 19.6. The van der Waals surface area contributed by atoms with Crippen molar-refractivity contribution in [1.82, 2.24) is 14.9 Å². The summed E-state index contributed by atoms with van der Waals surface area (Å²) in [4.78, 5) is 24.1. The fraction of sp³-hybridized carbons (Fsp3) is 0.526. The molecule has 0 spiro atoms. The van der Waals surface area contributed by atoms with Crippen LogP contribution in [-0.4, -0.2) is 39.3 Å². The minimum Gasteiger partial charge on any atom is -0.444 e. The van der Waals surface area contributed by atoms with Crippen molar-refractivity contribution >= 4 is 23.2 Å². The van der Waals surface area contributed by atoms with Crippen LogP contribution in [0.3, 0.4) is 0 Å². The van der Waals surface area contributed by atoms with Crippen LogP contribution in [0.1, 0.15) is 56.8 Å². The number of nitrogens with two attached hydrogens (primary N) is 1. The predicted octanol–water partition coefficient (Wildman–Crippen LogP) is 2.68. The molecular formula is C19H27N5O3. The van der Waals surface area contributed by atoms with Gasteiger partial charge in [-0.25, -0.2) is 9.31 Å². The molecule has 0 aliphatic heterocycles. The number of carbonyl (C=O) groups excluding carboxylic acids is 2. The molecule has 1 aliphatic rings. The molecule has 146 valence electrons. The standard InChI is InChI=1S/C19H27N5O3/c1-19(2,3)27-18(26)23-14-8-5-4-7-13(14)22-16-12(17(20)25)11-21-24-10-6-9-15(16)24/h6,9-11,13-14,22H,4-5,7-8H2,1-3H3,(H2,20,25)(H,23,26). The van der Waals surface area contributed by atoms with Crippen LogP contribution in [0.4, 0.5) is 10.5 Å². The van der Waals surface area contributed by atoms with Crippen molar-refractivity contribution in [1.29, 1.82) is 0 Å². The van der Waals surface area contributed by atoms with E-state index in [2.05, 4.69) is 15.7 Å². The highest BCUT2D eigenvalue weighted by molar-refractivity contribution is 6.01. The number of anilines is 1. The van der Waals surface area contributed by atoms with Gasteiger partial charge < -0.3 is 21.1 Å². The van der Waals surface area contributed by atoms with E-state index in [0.29, 0.717) is 11.3 Å². The molecule has 8 nitrogen and oxygen atoms in total. The maximum atomic E-state index is 12.2. The lowest BCUT2D eigenvalue weighted by Crippen LogP contribution is -2.50. The molecule has 2 aromatic heterocycles. The molecule has 1 aliphatic carbocycles. The quantitative estimate of drug-likeness (QED) is 0.763. The number of hydrogen-bond acceptors (Lipinski definition) is 5. The number of amides is 2. The summed E-state index contributed by atoms with van der Waals surface area (Å²) in [6, 6.07) is 3.60. The Labute approximate surface area is 158 Å². The average Bonchev–Trinajstić information content (AvgIpc) is 3.03. The molecule has 2 atom stereocenters. The van der Waals surface area contributed by atoms with Gasteiger partial charge in [0.1, 0.15) is 5.60 Å². The van der Waals surface area contributed by atoms with E-state index >= 15 is 0 Å². The number of nitrogens with zero attached hydrogens (tertiary/aromatic N) is 2. The fourth-order valence-electron chi connectivity index (χ4n) is 3.45. The van der Waals surface area contributed by atoms with Crippen LogP contribution in [0.5, 0.6) is 0 Å². The van der Waals surface area contributed by atoms with Gasteiger partial charge in [0.05, 0.1) is 29.0 Å². The highest BCUT2D eigenvalue weighted by atomic mass is 16.6. The molecule has 0 saturated heterocycles. The van der Waals surface area contributed by atoms with E-state index in [1.807, 2.05) is 39.1 Å². The molecule has 2 aromatic rings. The van der Waals surface area contributed by atoms with Gasteiger partial charge in [0, 0.05) is 12.2 Å². The summed E-state index contributed by atoms with van der Waals surface area (Å²) in [6.45, 7) is 5.51. The Morgan fingerprint density at radius 1 is 1.26 bits per heavy atom. The molecule has 3 rings (SSSR count). The summed E-state index contributed by atoms with van der Waals surface area (Å²) in [5, 5.41) is 10.6. The van der Waals surface area contributed by atoms with Gasteiger partial charge in [-0.1, -0.05) is 12.8 Å². The van der Waals surface area contributed by atoms with E-state index in [1.54, 1.807) is 4.52 Å². The summed E-state index contributed by atoms with van der Waals surface area (Å²) in [5.74, 6) is -0.541. The second-order valence-corrected chi connectivity index (χ2v) is 7.92. The SMILES string of the molecule is CC(C)(C)OC(=O)NC1CCCCC1Nc1c(C(N)=O)cnn2cccc12. The van der Waals surface area contributed by atoms with E-state index in [9.17, 15) is 9.59 Å². The number of rotatable bonds is 4. The van der Waals surface area contributed by atoms with Gasteiger partial charge in [-0.15, -0.1) is 0 Å². The van der Waals surface area contributed by atoms with E-state index in [0.717, 1.165) is 31.2 Å². The molecule has 0 bridgehead atoms. The minimum absolute atomic E-state index is 0.0366.